The fourth-order valence-electron chi connectivity index (χ4n) is 2.38. The maximum atomic E-state index is 12.3. The van der Waals surface area contributed by atoms with Gasteiger partial charge >= 0.3 is 0 Å². The Morgan fingerprint density at radius 2 is 2.39 bits per heavy atom. The van der Waals surface area contributed by atoms with E-state index in [2.05, 4.69) is 35.9 Å². The number of hydrogen-bond acceptors (Lipinski definition) is 3. The van der Waals surface area contributed by atoms with E-state index >= 15 is 0 Å². The Labute approximate surface area is 113 Å². The minimum Gasteiger partial charge on any atom is -0.348 e. The highest BCUT2D eigenvalue weighted by molar-refractivity contribution is 7.10. The van der Waals surface area contributed by atoms with Gasteiger partial charge in [0.2, 0.25) is 5.91 Å². The van der Waals surface area contributed by atoms with Crippen LogP contribution in [0.5, 0.6) is 0 Å². The van der Waals surface area contributed by atoms with Crippen LogP contribution in [0.4, 0.5) is 0 Å². The van der Waals surface area contributed by atoms with E-state index < -0.39 is 0 Å². The highest BCUT2D eigenvalue weighted by Gasteiger charge is 2.25. The van der Waals surface area contributed by atoms with Crippen LogP contribution in [0.1, 0.15) is 37.6 Å². The molecule has 1 aromatic heterocycles. The molecule has 2 rings (SSSR count). The molecule has 1 saturated heterocycles. The summed E-state index contributed by atoms with van der Waals surface area (Å²) in [7, 11) is 0. The van der Waals surface area contributed by atoms with E-state index in [0.29, 0.717) is 5.92 Å². The summed E-state index contributed by atoms with van der Waals surface area (Å²) >= 11 is 1.72. The van der Waals surface area contributed by atoms with Gasteiger partial charge in [0.25, 0.3) is 0 Å². The van der Waals surface area contributed by atoms with Crippen molar-refractivity contribution < 1.29 is 4.79 Å². The first-order valence-corrected chi connectivity index (χ1v) is 7.61. The van der Waals surface area contributed by atoms with Crippen LogP contribution in [0, 0.1) is 11.8 Å². The molecular formula is C14H22N2OS. The Bertz CT molecular complexity index is 369. The molecule has 2 atom stereocenters. The lowest BCUT2D eigenvalue weighted by atomic mass is 9.96. The Morgan fingerprint density at radius 3 is 2.94 bits per heavy atom. The van der Waals surface area contributed by atoms with Gasteiger partial charge in [0.1, 0.15) is 0 Å². The summed E-state index contributed by atoms with van der Waals surface area (Å²) < 4.78 is 0. The van der Waals surface area contributed by atoms with E-state index in [4.69, 9.17) is 0 Å². The molecule has 1 aliphatic rings. The van der Waals surface area contributed by atoms with Crippen LogP contribution in [0.25, 0.3) is 0 Å². The number of amides is 1. The highest BCUT2D eigenvalue weighted by Crippen LogP contribution is 2.26. The third-order valence-electron chi connectivity index (χ3n) is 3.48. The van der Waals surface area contributed by atoms with Crippen LogP contribution < -0.4 is 10.6 Å². The van der Waals surface area contributed by atoms with Gasteiger partial charge in [0.05, 0.1) is 12.0 Å². The molecule has 4 heteroatoms. The number of hydrogen-bond donors (Lipinski definition) is 2. The summed E-state index contributed by atoms with van der Waals surface area (Å²) in [5.41, 5.74) is 0. The Kier molecular flexibility index (Phi) is 4.78. The fraction of sp³-hybridized carbons (Fsp3) is 0.643. The maximum Gasteiger partial charge on any atom is 0.224 e. The smallest absolute Gasteiger partial charge is 0.224 e. The summed E-state index contributed by atoms with van der Waals surface area (Å²) in [5, 5.41) is 8.58. The standard InChI is InChI=1S/C14H22N2OS/c1-10(2)13(12-6-4-8-18-12)16-14(17)11-5-3-7-15-9-11/h4,6,8,10-11,13,15H,3,5,7,9H2,1-2H3,(H,16,17). The molecule has 0 bridgehead atoms. The molecule has 18 heavy (non-hydrogen) atoms. The first-order valence-electron chi connectivity index (χ1n) is 6.73. The van der Waals surface area contributed by atoms with Gasteiger partial charge in [-0.25, -0.2) is 0 Å². The van der Waals surface area contributed by atoms with Crippen LogP contribution in [-0.2, 0) is 4.79 Å². The van der Waals surface area contributed by atoms with E-state index in [1.165, 1.54) is 4.88 Å². The normalized spacial score (nSPS) is 21.8. The van der Waals surface area contributed by atoms with Crippen molar-refractivity contribution >= 4 is 17.2 Å². The molecule has 2 heterocycles. The average Bonchev–Trinajstić information content (AvgIpc) is 2.90. The van der Waals surface area contributed by atoms with Gasteiger partial charge in [-0.2, -0.15) is 0 Å². The van der Waals surface area contributed by atoms with Gasteiger partial charge in [-0.15, -0.1) is 11.3 Å². The zero-order valence-electron chi connectivity index (χ0n) is 11.1. The van der Waals surface area contributed by atoms with Gasteiger partial charge in [-0.1, -0.05) is 19.9 Å². The Balaban J connectivity index is 1.98. The van der Waals surface area contributed by atoms with Crippen LogP contribution in [-0.4, -0.2) is 19.0 Å². The van der Waals surface area contributed by atoms with Crippen molar-refractivity contribution in [2.24, 2.45) is 11.8 Å². The number of carbonyl (C=O) groups excluding carboxylic acids is 1. The van der Waals surface area contributed by atoms with Crippen LogP contribution >= 0.6 is 11.3 Å². The minimum absolute atomic E-state index is 0.139. The molecule has 0 aliphatic carbocycles. The van der Waals surface area contributed by atoms with Crippen molar-refractivity contribution in [2.75, 3.05) is 13.1 Å². The summed E-state index contributed by atoms with van der Waals surface area (Å²) in [6.45, 7) is 6.18. The molecule has 2 N–H and O–H groups in total. The van der Waals surface area contributed by atoms with Crippen LogP contribution in [0.3, 0.4) is 0 Å². The van der Waals surface area contributed by atoms with Gasteiger partial charge in [-0.3, -0.25) is 4.79 Å². The predicted octanol–water partition coefficient (Wildman–Crippen LogP) is 2.56. The minimum atomic E-state index is 0.139. The molecule has 0 aromatic carbocycles. The van der Waals surface area contributed by atoms with Crippen molar-refractivity contribution in [1.82, 2.24) is 10.6 Å². The predicted molar refractivity (Wildman–Crippen MR) is 75.6 cm³/mol. The summed E-state index contributed by atoms with van der Waals surface area (Å²) in [5.74, 6) is 0.762. The van der Waals surface area contributed by atoms with Crippen LogP contribution in [0.15, 0.2) is 17.5 Å². The fourth-order valence-corrected chi connectivity index (χ4v) is 3.33. The molecule has 1 fully saturated rings. The molecule has 1 aliphatic heterocycles. The van der Waals surface area contributed by atoms with Crippen molar-refractivity contribution in [2.45, 2.75) is 32.7 Å². The second kappa shape index (κ2) is 6.34. The van der Waals surface area contributed by atoms with E-state index in [1.54, 1.807) is 11.3 Å². The SMILES string of the molecule is CC(C)C(NC(=O)C1CCCNC1)c1cccs1. The first-order chi connectivity index (χ1) is 8.68. The van der Waals surface area contributed by atoms with Crippen molar-refractivity contribution in [3.05, 3.63) is 22.4 Å². The molecule has 2 unspecified atom stereocenters. The summed E-state index contributed by atoms with van der Waals surface area (Å²) in [6, 6.07) is 4.30. The zero-order valence-corrected chi connectivity index (χ0v) is 11.9. The average molecular weight is 266 g/mol. The molecule has 1 aromatic rings. The topological polar surface area (TPSA) is 41.1 Å². The molecular weight excluding hydrogens is 244 g/mol. The van der Waals surface area contributed by atoms with Crippen molar-refractivity contribution in [1.29, 1.82) is 0 Å². The number of carbonyl (C=O) groups is 1. The third kappa shape index (κ3) is 3.33. The summed E-state index contributed by atoms with van der Waals surface area (Å²) in [4.78, 5) is 13.5. The second-order valence-electron chi connectivity index (χ2n) is 5.29. The van der Waals surface area contributed by atoms with E-state index in [1.807, 2.05) is 6.07 Å². The number of piperidine rings is 1. The van der Waals surface area contributed by atoms with Crippen molar-refractivity contribution in [3.63, 3.8) is 0 Å². The molecule has 0 saturated carbocycles. The number of thiophene rings is 1. The molecule has 3 nitrogen and oxygen atoms in total. The van der Waals surface area contributed by atoms with Crippen molar-refractivity contribution in [3.8, 4) is 0 Å². The third-order valence-corrected chi connectivity index (χ3v) is 4.44. The zero-order chi connectivity index (χ0) is 13.0. The molecule has 0 radical (unpaired) electrons. The monoisotopic (exact) mass is 266 g/mol. The summed E-state index contributed by atoms with van der Waals surface area (Å²) in [6.07, 6.45) is 2.11. The van der Waals surface area contributed by atoms with Gasteiger partial charge < -0.3 is 10.6 Å². The largest absolute Gasteiger partial charge is 0.348 e. The van der Waals surface area contributed by atoms with Crippen LogP contribution in [0.2, 0.25) is 0 Å². The van der Waals surface area contributed by atoms with Gasteiger partial charge in [-0.05, 0) is 36.8 Å². The maximum absolute atomic E-state index is 12.3. The van der Waals surface area contributed by atoms with E-state index in [0.717, 1.165) is 25.9 Å². The lowest BCUT2D eigenvalue weighted by molar-refractivity contribution is -0.126. The first kappa shape index (κ1) is 13.6. The lowest BCUT2D eigenvalue weighted by Gasteiger charge is -2.27. The Morgan fingerprint density at radius 1 is 1.56 bits per heavy atom. The number of rotatable bonds is 4. The highest BCUT2D eigenvalue weighted by atomic mass is 32.1. The van der Waals surface area contributed by atoms with E-state index in [9.17, 15) is 4.79 Å². The van der Waals surface area contributed by atoms with Gasteiger partial charge in [0.15, 0.2) is 0 Å². The van der Waals surface area contributed by atoms with Gasteiger partial charge in [0, 0.05) is 11.4 Å². The second-order valence-corrected chi connectivity index (χ2v) is 6.27. The quantitative estimate of drug-likeness (QED) is 0.879. The molecule has 100 valence electrons. The van der Waals surface area contributed by atoms with E-state index in [-0.39, 0.29) is 17.9 Å². The lowest BCUT2D eigenvalue weighted by Crippen LogP contribution is -2.42. The molecule has 0 spiro atoms. The number of nitrogens with one attached hydrogen (secondary N) is 2. The Hall–Kier alpha value is -0.870. The molecule has 1 amide bonds.